The Kier molecular flexibility index (Phi) is 6.17. The zero-order valence-corrected chi connectivity index (χ0v) is 18.8. The number of alkyl halides is 3. The number of benzene rings is 2. The molecule has 0 aliphatic heterocycles. The molecule has 1 N–H and O–H groups in total. The largest absolute Gasteiger partial charge is 0.453 e. The SMILES string of the molecule is O=C(NCc1ccc(Oc2cccnc2)c(F)c1)c1cnn(-c2cccc(C(F)(F)F)c2)c1C1CC1. The summed E-state index contributed by atoms with van der Waals surface area (Å²) in [4.78, 5) is 16.9. The molecule has 5 rings (SSSR count). The highest BCUT2D eigenvalue weighted by molar-refractivity contribution is 5.95. The first-order valence-electron chi connectivity index (χ1n) is 11.2. The van der Waals surface area contributed by atoms with Crippen molar-refractivity contribution in [1.82, 2.24) is 20.1 Å². The normalized spacial score (nSPS) is 13.4. The lowest BCUT2D eigenvalue weighted by molar-refractivity contribution is -0.137. The van der Waals surface area contributed by atoms with Gasteiger partial charge in [-0.3, -0.25) is 9.78 Å². The molecule has 0 bridgehead atoms. The average Bonchev–Trinajstić information content (AvgIpc) is 3.61. The third kappa shape index (κ3) is 5.07. The molecule has 0 saturated heterocycles. The van der Waals surface area contributed by atoms with Crippen LogP contribution in [0.2, 0.25) is 0 Å². The number of ether oxygens (including phenoxy) is 1. The number of pyridine rings is 1. The number of carbonyl (C=O) groups excluding carboxylic acids is 1. The molecule has 4 aromatic rings. The average molecular weight is 496 g/mol. The van der Waals surface area contributed by atoms with Crippen molar-refractivity contribution in [3.05, 3.63) is 101 Å². The van der Waals surface area contributed by atoms with Gasteiger partial charge in [-0.2, -0.15) is 18.3 Å². The Labute approximate surface area is 203 Å². The summed E-state index contributed by atoms with van der Waals surface area (Å²) in [5.74, 6) is -0.587. The third-order valence-corrected chi connectivity index (χ3v) is 5.74. The lowest BCUT2D eigenvalue weighted by Crippen LogP contribution is -2.24. The van der Waals surface area contributed by atoms with E-state index in [9.17, 15) is 22.4 Å². The van der Waals surface area contributed by atoms with Gasteiger partial charge in [0.1, 0.15) is 5.75 Å². The molecule has 1 amide bonds. The van der Waals surface area contributed by atoms with Crippen LogP contribution < -0.4 is 10.1 Å². The molecule has 6 nitrogen and oxygen atoms in total. The third-order valence-electron chi connectivity index (χ3n) is 5.74. The van der Waals surface area contributed by atoms with Gasteiger partial charge in [-0.15, -0.1) is 0 Å². The highest BCUT2D eigenvalue weighted by Crippen LogP contribution is 2.43. The number of nitrogens with zero attached hydrogens (tertiary/aromatic N) is 3. The minimum atomic E-state index is -4.49. The highest BCUT2D eigenvalue weighted by atomic mass is 19.4. The predicted octanol–water partition coefficient (Wildman–Crippen LogP) is 6.02. The fourth-order valence-corrected chi connectivity index (χ4v) is 3.85. The second kappa shape index (κ2) is 9.44. The van der Waals surface area contributed by atoms with Crippen LogP contribution in [0.25, 0.3) is 5.69 Å². The standard InChI is InChI=1S/C26H20F4N4O2/c27-22-11-16(6-9-23(22)36-20-5-2-10-31-14-20)13-32-25(35)21-15-33-34(24(21)17-7-8-17)19-4-1-3-18(12-19)26(28,29)30/h1-6,9-12,14-15,17H,7-8,13H2,(H,32,35). The molecular weight excluding hydrogens is 476 g/mol. The summed E-state index contributed by atoms with van der Waals surface area (Å²) in [7, 11) is 0. The Hall–Kier alpha value is -4.21. The maximum absolute atomic E-state index is 14.5. The fourth-order valence-electron chi connectivity index (χ4n) is 3.85. The van der Waals surface area contributed by atoms with Crippen molar-refractivity contribution in [3.63, 3.8) is 0 Å². The van der Waals surface area contributed by atoms with E-state index in [1.165, 1.54) is 41.3 Å². The molecule has 0 atom stereocenters. The van der Waals surface area contributed by atoms with E-state index < -0.39 is 23.5 Å². The first kappa shape index (κ1) is 23.5. The number of aromatic nitrogens is 3. The first-order chi connectivity index (χ1) is 17.3. The van der Waals surface area contributed by atoms with Crippen molar-refractivity contribution in [2.24, 2.45) is 0 Å². The molecule has 1 fully saturated rings. The van der Waals surface area contributed by atoms with E-state index in [0.717, 1.165) is 25.0 Å². The Balaban J connectivity index is 1.32. The molecule has 1 aliphatic carbocycles. The summed E-state index contributed by atoms with van der Waals surface area (Å²) in [5, 5.41) is 6.96. The highest BCUT2D eigenvalue weighted by Gasteiger charge is 2.34. The van der Waals surface area contributed by atoms with Gasteiger partial charge in [-0.1, -0.05) is 12.1 Å². The topological polar surface area (TPSA) is 69.0 Å². The monoisotopic (exact) mass is 496 g/mol. The molecule has 10 heteroatoms. The van der Waals surface area contributed by atoms with Crippen molar-refractivity contribution >= 4 is 5.91 Å². The van der Waals surface area contributed by atoms with Gasteiger partial charge < -0.3 is 10.1 Å². The van der Waals surface area contributed by atoms with Gasteiger partial charge in [0, 0.05) is 18.7 Å². The van der Waals surface area contributed by atoms with Gasteiger partial charge in [0.05, 0.1) is 34.9 Å². The predicted molar refractivity (Wildman–Crippen MR) is 122 cm³/mol. The van der Waals surface area contributed by atoms with E-state index in [4.69, 9.17) is 4.74 Å². The zero-order valence-electron chi connectivity index (χ0n) is 18.8. The Morgan fingerprint density at radius 2 is 1.92 bits per heavy atom. The minimum Gasteiger partial charge on any atom is -0.453 e. The number of carbonyl (C=O) groups is 1. The van der Waals surface area contributed by atoms with Crippen molar-refractivity contribution < 1.29 is 27.1 Å². The van der Waals surface area contributed by atoms with Gasteiger partial charge in [0.25, 0.3) is 5.91 Å². The van der Waals surface area contributed by atoms with Gasteiger partial charge in [0.2, 0.25) is 0 Å². The lowest BCUT2D eigenvalue weighted by atomic mass is 10.1. The summed E-state index contributed by atoms with van der Waals surface area (Å²) in [6, 6.07) is 12.5. The molecule has 2 heterocycles. The van der Waals surface area contributed by atoms with E-state index in [1.54, 1.807) is 24.4 Å². The van der Waals surface area contributed by atoms with Crippen LogP contribution in [-0.4, -0.2) is 20.7 Å². The molecule has 0 unspecified atom stereocenters. The van der Waals surface area contributed by atoms with E-state index in [2.05, 4.69) is 15.4 Å². The van der Waals surface area contributed by atoms with Gasteiger partial charge in [-0.05, 0) is 60.9 Å². The van der Waals surface area contributed by atoms with Gasteiger partial charge >= 0.3 is 6.18 Å². The summed E-state index contributed by atoms with van der Waals surface area (Å²) in [6.07, 6.45) is 1.53. The number of rotatable bonds is 7. The van der Waals surface area contributed by atoms with Gasteiger partial charge in [-0.25, -0.2) is 9.07 Å². The fraction of sp³-hybridized carbons (Fsp3) is 0.192. The number of hydrogen-bond acceptors (Lipinski definition) is 4. The zero-order chi connectivity index (χ0) is 25.3. The van der Waals surface area contributed by atoms with E-state index >= 15 is 0 Å². The Morgan fingerprint density at radius 1 is 1.08 bits per heavy atom. The molecule has 1 aliphatic rings. The summed E-state index contributed by atoms with van der Waals surface area (Å²) < 4.78 is 60.9. The smallest absolute Gasteiger partial charge is 0.416 e. The number of nitrogens with one attached hydrogen (secondary N) is 1. The molecule has 1 saturated carbocycles. The molecule has 2 aromatic heterocycles. The van der Waals surface area contributed by atoms with Gasteiger partial charge in [0.15, 0.2) is 11.6 Å². The molecule has 0 spiro atoms. The second-order valence-electron chi connectivity index (χ2n) is 8.42. The Bertz CT molecular complexity index is 1400. The van der Waals surface area contributed by atoms with Crippen LogP contribution in [0.1, 0.15) is 45.9 Å². The van der Waals surface area contributed by atoms with Crippen molar-refractivity contribution in [2.45, 2.75) is 31.5 Å². The summed E-state index contributed by atoms with van der Waals surface area (Å²) in [6.45, 7) is 0.0434. The van der Waals surface area contributed by atoms with Crippen LogP contribution in [0, 0.1) is 5.82 Å². The van der Waals surface area contributed by atoms with Crippen LogP contribution in [-0.2, 0) is 12.7 Å². The molecule has 184 valence electrons. The summed E-state index contributed by atoms with van der Waals surface area (Å²) >= 11 is 0. The maximum atomic E-state index is 14.5. The van der Waals surface area contributed by atoms with Crippen LogP contribution >= 0.6 is 0 Å². The van der Waals surface area contributed by atoms with E-state index in [-0.39, 0.29) is 29.5 Å². The van der Waals surface area contributed by atoms with Crippen LogP contribution in [0.15, 0.2) is 73.2 Å². The van der Waals surface area contributed by atoms with Crippen molar-refractivity contribution in [2.75, 3.05) is 0 Å². The number of amides is 1. The number of halogens is 4. The molecule has 2 aromatic carbocycles. The van der Waals surface area contributed by atoms with Crippen molar-refractivity contribution in [1.29, 1.82) is 0 Å². The van der Waals surface area contributed by atoms with Crippen molar-refractivity contribution in [3.8, 4) is 17.2 Å². The first-order valence-corrected chi connectivity index (χ1v) is 11.2. The molecular formula is C26H20F4N4O2. The molecule has 0 radical (unpaired) electrons. The van der Waals surface area contributed by atoms with Crippen LogP contribution in [0.4, 0.5) is 17.6 Å². The molecule has 36 heavy (non-hydrogen) atoms. The minimum absolute atomic E-state index is 0.0245. The Morgan fingerprint density at radius 3 is 2.61 bits per heavy atom. The lowest BCUT2D eigenvalue weighted by Gasteiger charge is -2.12. The summed E-state index contributed by atoms with van der Waals surface area (Å²) in [5.41, 5.74) is 0.807. The second-order valence-corrected chi connectivity index (χ2v) is 8.42. The van der Waals surface area contributed by atoms with E-state index in [0.29, 0.717) is 17.0 Å². The maximum Gasteiger partial charge on any atom is 0.416 e. The van der Waals surface area contributed by atoms with Crippen LogP contribution in [0.3, 0.4) is 0 Å². The van der Waals surface area contributed by atoms with E-state index in [1.807, 2.05) is 0 Å². The quantitative estimate of drug-likeness (QED) is 0.318. The number of hydrogen-bond donors (Lipinski definition) is 1. The van der Waals surface area contributed by atoms with Crippen LogP contribution in [0.5, 0.6) is 11.5 Å².